The van der Waals surface area contributed by atoms with Gasteiger partial charge in [0.1, 0.15) is 5.75 Å². The van der Waals surface area contributed by atoms with Crippen molar-refractivity contribution in [2.75, 3.05) is 14.2 Å². The summed E-state index contributed by atoms with van der Waals surface area (Å²) in [5.41, 5.74) is 1.26. The molecule has 0 spiro atoms. The SMILES string of the molecule is COc1cc(C=CC(=O)NCc2ccc(Oc3cccnc3)c(F)c2)cc(Cl)c1OC. The van der Waals surface area contributed by atoms with Gasteiger partial charge in [0.15, 0.2) is 23.1 Å². The van der Waals surface area contributed by atoms with Crippen molar-refractivity contribution in [2.24, 2.45) is 0 Å². The van der Waals surface area contributed by atoms with Crippen LogP contribution >= 0.6 is 11.6 Å². The first-order chi connectivity index (χ1) is 15.0. The minimum atomic E-state index is -0.536. The molecule has 0 unspecified atom stereocenters. The summed E-state index contributed by atoms with van der Waals surface area (Å²) in [7, 11) is 2.99. The highest BCUT2D eigenvalue weighted by atomic mass is 35.5. The van der Waals surface area contributed by atoms with Gasteiger partial charge in [-0.1, -0.05) is 17.7 Å². The molecule has 160 valence electrons. The number of amides is 1. The van der Waals surface area contributed by atoms with E-state index in [0.29, 0.717) is 33.4 Å². The quantitative estimate of drug-likeness (QED) is 0.496. The molecule has 0 saturated carbocycles. The Morgan fingerprint density at radius 3 is 2.68 bits per heavy atom. The van der Waals surface area contributed by atoms with E-state index in [1.807, 2.05) is 0 Å². The Balaban J connectivity index is 1.59. The number of carbonyl (C=O) groups is 1. The van der Waals surface area contributed by atoms with Gasteiger partial charge < -0.3 is 19.5 Å². The molecule has 0 aliphatic rings. The lowest BCUT2D eigenvalue weighted by atomic mass is 10.1. The van der Waals surface area contributed by atoms with Gasteiger partial charge in [0.2, 0.25) is 5.91 Å². The molecule has 1 N–H and O–H groups in total. The Morgan fingerprint density at radius 1 is 1.16 bits per heavy atom. The van der Waals surface area contributed by atoms with Crippen LogP contribution in [0.2, 0.25) is 5.02 Å². The maximum atomic E-state index is 14.3. The first kappa shape index (κ1) is 22.1. The van der Waals surface area contributed by atoms with Crippen LogP contribution in [0.1, 0.15) is 11.1 Å². The van der Waals surface area contributed by atoms with Gasteiger partial charge in [-0.25, -0.2) is 4.39 Å². The molecule has 0 aliphatic heterocycles. The van der Waals surface area contributed by atoms with Gasteiger partial charge in [-0.3, -0.25) is 9.78 Å². The van der Waals surface area contributed by atoms with Gasteiger partial charge >= 0.3 is 0 Å². The van der Waals surface area contributed by atoms with Gasteiger partial charge in [-0.15, -0.1) is 0 Å². The highest BCUT2D eigenvalue weighted by Crippen LogP contribution is 2.36. The first-order valence-corrected chi connectivity index (χ1v) is 9.61. The minimum Gasteiger partial charge on any atom is -0.493 e. The largest absolute Gasteiger partial charge is 0.493 e. The number of rotatable bonds is 8. The molecule has 0 aliphatic carbocycles. The van der Waals surface area contributed by atoms with Crippen molar-refractivity contribution in [3.8, 4) is 23.0 Å². The second-order valence-corrected chi connectivity index (χ2v) is 6.75. The average Bonchev–Trinajstić information content (AvgIpc) is 2.78. The first-order valence-electron chi connectivity index (χ1n) is 9.24. The fourth-order valence-corrected chi connectivity index (χ4v) is 3.02. The maximum absolute atomic E-state index is 14.3. The van der Waals surface area contributed by atoms with Crippen LogP contribution in [-0.2, 0) is 11.3 Å². The molecule has 0 fully saturated rings. The molecule has 0 saturated heterocycles. The Kier molecular flexibility index (Phi) is 7.45. The second-order valence-electron chi connectivity index (χ2n) is 6.34. The van der Waals surface area contributed by atoms with Crippen LogP contribution in [0.25, 0.3) is 6.08 Å². The summed E-state index contributed by atoms with van der Waals surface area (Å²) in [6.07, 6.45) is 6.04. The summed E-state index contributed by atoms with van der Waals surface area (Å²) in [6, 6.07) is 11.2. The Bertz CT molecular complexity index is 1090. The van der Waals surface area contributed by atoms with Crippen molar-refractivity contribution in [3.63, 3.8) is 0 Å². The third kappa shape index (κ3) is 5.96. The van der Waals surface area contributed by atoms with Crippen molar-refractivity contribution < 1.29 is 23.4 Å². The molecule has 1 heterocycles. The molecule has 6 nitrogen and oxygen atoms in total. The molecule has 0 radical (unpaired) electrons. The van der Waals surface area contributed by atoms with Crippen molar-refractivity contribution in [1.82, 2.24) is 10.3 Å². The summed E-state index contributed by atoms with van der Waals surface area (Å²) >= 11 is 6.16. The zero-order valence-electron chi connectivity index (χ0n) is 16.9. The fraction of sp³-hybridized carbons (Fsp3) is 0.130. The number of hydrogen-bond donors (Lipinski definition) is 1. The topological polar surface area (TPSA) is 69.7 Å². The van der Waals surface area contributed by atoms with Crippen LogP contribution in [0.4, 0.5) is 4.39 Å². The Morgan fingerprint density at radius 2 is 2.00 bits per heavy atom. The average molecular weight is 443 g/mol. The van der Waals surface area contributed by atoms with E-state index in [0.717, 1.165) is 0 Å². The van der Waals surface area contributed by atoms with Crippen LogP contribution in [0.5, 0.6) is 23.0 Å². The molecule has 3 rings (SSSR count). The van der Waals surface area contributed by atoms with E-state index in [-0.39, 0.29) is 18.2 Å². The molecule has 2 aromatic carbocycles. The zero-order chi connectivity index (χ0) is 22.2. The lowest BCUT2D eigenvalue weighted by molar-refractivity contribution is -0.116. The number of carbonyl (C=O) groups excluding carboxylic acids is 1. The molecule has 1 amide bonds. The van der Waals surface area contributed by atoms with Gasteiger partial charge in [0, 0.05) is 18.8 Å². The zero-order valence-corrected chi connectivity index (χ0v) is 17.7. The van der Waals surface area contributed by atoms with Crippen molar-refractivity contribution in [2.45, 2.75) is 6.54 Å². The number of nitrogens with zero attached hydrogens (tertiary/aromatic N) is 1. The molecule has 0 bridgehead atoms. The summed E-state index contributed by atoms with van der Waals surface area (Å²) in [6.45, 7) is 0.153. The summed E-state index contributed by atoms with van der Waals surface area (Å²) < 4.78 is 30.2. The molecule has 1 aromatic heterocycles. The Hall–Kier alpha value is -3.58. The van der Waals surface area contributed by atoms with Crippen LogP contribution in [-0.4, -0.2) is 25.1 Å². The van der Waals surface area contributed by atoms with Crippen LogP contribution < -0.4 is 19.5 Å². The summed E-state index contributed by atoms with van der Waals surface area (Å²) in [4.78, 5) is 16.1. The standard InChI is InChI=1S/C23H20ClFN2O4/c1-29-21-12-15(10-18(24)23(21)30-2)6-8-22(28)27-13-16-5-7-20(19(25)11-16)31-17-4-3-9-26-14-17/h3-12,14H,13H2,1-2H3,(H,27,28). The van der Waals surface area contributed by atoms with Gasteiger partial charge in [0.25, 0.3) is 0 Å². The van der Waals surface area contributed by atoms with E-state index in [4.69, 9.17) is 25.8 Å². The second kappa shape index (κ2) is 10.4. The maximum Gasteiger partial charge on any atom is 0.244 e. The number of benzene rings is 2. The van der Waals surface area contributed by atoms with Crippen molar-refractivity contribution in [1.29, 1.82) is 0 Å². The smallest absolute Gasteiger partial charge is 0.244 e. The number of nitrogens with one attached hydrogen (secondary N) is 1. The fourth-order valence-electron chi connectivity index (χ4n) is 2.73. The normalized spacial score (nSPS) is 10.7. The summed E-state index contributed by atoms with van der Waals surface area (Å²) in [5, 5.41) is 3.07. The molecular formula is C23H20ClFN2O4. The monoisotopic (exact) mass is 442 g/mol. The third-order valence-corrected chi connectivity index (χ3v) is 4.49. The highest BCUT2D eigenvalue weighted by molar-refractivity contribution is 6.32. The van der Waals surface area contributed by atoms with E-state index in [2.05, 4.69) is 10.3 Å². The van der Waals surface area contributed by atoms with E-state index in [1.54, 1.807) is 42.6 Å². The number of ether oxygens (including phenoxy) is 3. The van der Waals surface area contributed by atoms with E-state index in [9.17, 15) is 9.18 Å². The van der Waals surface area contributed by atoms with Crippen LogP contribution in [0, 0.1) is 5.82 Å². The van der Waals surface area contributed by atoms with Crippen molar-refractivity contribution in [3.05, 3.63) is 82.9 Å². The van der Waals surface area contributed by atoms with Gasteiger partial charge in [-0.2, -0.15) is 0 Å². The molecular weight excluding hydrogens is 423 g/mol. The van der Waals surface area contributed by atoms with E-state index >= 15 is 0 Å². The lowest BCUT2D eigenvalue weighted by Crippen LogP contribution is -2.20. The van der Waals surface area contributed by atoms with Gasteiger partial charge in [-0.05, 0) is 53.6 Å². The Labute approximate surface area is 184 Å². The predicted molar refractivity (Wildman–Crippen MR) is 116 cm³/mol. The number of aromatic nitrogens is 1. The molecule has 3 aromatic rings. The molecule has 0 atom stereocenters. The lowest BCUT2D eigenvalue weighted by Gasteiger charge is -2.10. The highest BCUT2D eigenvalue weighted by Gasteiger charge is 2.10. The van der Waals surface area contributed by atoms with Crippen LogP contribution in [0.3, 0.4) is 0 Å². The predicted octanol–water partition coefficient (Wildman–Crippen LogP) is 5.01. The number of hydrogen-bond acceptors (Lipinski definition) is 5. The number of halogens is 2. The number of pyridine rings is 1. The number of methoxy groups -OCH3 is 2. The van der Waals surface area contributed by atoms with E-state index in [1.165, 1.54) is 38.6 Å². The summed E-state index contributed by atoms with van der Waals surface area (Å²) in [5.74, 6) is 0.507. The third-order valence-electron chi connectivity index (χ3n) is 4.21. The molecule has 8 heteroatoms. The molecule has 31 heavy (non-hydrogen) atoms. The van der Waals surface area contributed by atoms with Crippen molar-refractivity contribution >= 4 is 23.6 Å². The minimum absolute atomic E-state index is 0.0771. The van der Waals surface area contributed by atoms with E-state index < -0.39 is 5.82 Å². The van der Waals surface area contributed by atoms with Crippen LogP contribution in [0.15, 0.2) is 60.9 Å². The van der Waals surface area contributed by atoms with Gasteiger partial charge in [0.05, 0.1) is 25.4 Å².